The van der Waals surface area contributed by atoms with Crippen molar-refractivity contribution in [1.82, 2.24) is 4.98 Å². The molecule has 1 rings (SSSR count). The summed E-state index contributed by atoms with van der Waals surface area (Å²) in [6, 6.07) is 3.18. The summed E-state index contributed by atoms with van der Waals surface area (Å²) in [5, 5.41) is 10.2. The summed E-state index contributed by atoms with van der Waals surface area (Å²) in [5.41, 5.74) is 0.467. The Morgan fingerprint density at radius 1 is 1.11 bits per heavy atom. The van der Waals surface area contributed by atoms with E-state index in [4.69, 9.17) is 9.05 Å². The molecule has 0 saturated heterocycles. The molecule has 18 heavy (non-hydrogen) atoms. The maximum atomic E-state index is 12.6. The molecule has 0 aliphatic heterocycles. The maximum Gasteiger partial charge on any atom is 0.363 e. The molecule has 0 spiro atoms. The Morgan fingerprint density at radius 2 is 1.56 bits per heavy atom. The van der Waals surface area contributed by atoms with E-state index in [1.807, 2.05) is 0 Å². The van der Waals surface area contributed by atoms with Gasteiger partial charge in [0.25, 0.3) is 0 Å². The molecule has 0 radical (unpaired) electrons. The average Bonchev–Trinajstić information content (AvgIpc) is 2.27. The number of aliphatic hydroxyl groups is 1. The third kappa shape index (κ3) is 4.18. The molecule has 102 valence electrons. The van der Waals surface area contributed by atoms with Crippen LogP contribution in [0.4, 0.5) is 0 Å². The number of aromatic nitrogens is 1. The fourth-order valence-corrected chi connectivity index (χ4v) is 3.44. The van der Waals surface area contributed by atoms with Crippen LogP contribution in [0, 0.1) is 0 Å². The van der Waals surface area contributed by atoms with Gasteiger partial charge in [-0.3, -0.25) is 9.55 Å². The first-order valence-corrected chi connectivity index (χ1v) is 7.51. The van der Waals surface area contributed by atoms with Crippen LogP contribution in [0.1, 0.15) is 39.1 Å². The molecule has 1 aromatic rings. The van der Waals surface area contributed by atoms with Gasteiger partial charge in [0.2, 0.25) is 0 Å². The molecule has 0 aliphatic rings. The molecule has 1 atom stereocenters. The van der Waals surface area contributed by atoms with Gasteiger partial charge in [-0.05, 0) is 45.4 Å². The number of hydrogen-bond donors (Lipinski definition) is 1. The largest absolute Gasteiger partial charge is 0.376 e. The van der Waals surface area contributed by atoms with E-state index in [2.05, 4.69) is 4.98 Å². The fraction of sp³-hybridized carbons (Fsp3) is 0.583. The Bertz CT molecular complexity index is 394. The minimum Gasteiger partial charge on any atom is -0.376 e. The van der Waals surface area contributed by atoms with Crippen molar-refractivity contribution < 1.29 is 18.7 Å². The van der Waals surface area contributed by atoms with Gasteiger partial charge in [-0.25, -0.2) is 0 Å². The molecular formula is C12H20NO4P. The first-order valence-electron chi connectivity index (χ1n) is 5.89. The molecule has 5 nitrogen and oxygen atoms in total. The molecule has 0 amide bonds. The maximum absolute atomic E-state index is 12.6. The highest BCUT2D eigenvalue weighted by Crippen LogP contribution is 2.61. The van der Waals surface area contributed by atoms with Gasteiger partial charge in [-0.2, -0.15) is 0 Å². The summed E-state index contributed by atoms with van der Waals surface area (Å²) in [6.07, 6.45) is 2.44. The van der Waals surface area contributed by atoms with Crippen molar-refractivity contribution in [2.24, 2.45) is 0 Å². The van der Waals surface area contributed by atoms with Gasteiger partial charge in [-0.1, -0.05) is 0 Å². The molecule has 0 unspecified atom stereocenters. The lowest BCUT2D eigenvalue weighted by molar-refractivity contribution is 0.101. The Labute approximate surface area is 108 Å². The normalized spacial score (nSPS) is 14.2. The Balaban J connectivity index is 2.99. The zero-order valence-corrected chi connectivity index (χ0v) is 12.0. The van der Waals surface area contributed by atoms with E-state index in [0.29, 0.717) is 5.56 Å². The quantitative estimate of drug-likeness (QED) is 0.806. The lowest BCUT2D eigenvalue weighted by atomic mass is 10.3. The number of hydrogen-bond acceptors (Lipinski definition) is 5. The minimum atomic E-state index is -3.62. The van der Waals surface area contributed by atoms with Crippen LogP contribution < -0.4 is 0 Å². The van der Waals surface area contributed by atoms with E-state index in [-0.39, 0.29) is 12.2 Å². The summed E-state index contributed by atoms with van der Waals surface area (Å²) in [5.74, 6) is -1.30. The van der Waals surface area contributed by atoms with Gasteiger partial charge < -0.3 is 14.2 Å². The van der Waals surface area contributed by atoms with Gasteiger partial charge in [0.1, 0.15) is 0 Å². The smallest absolute Gasteiger partial charge is 0.363 e. The molecule has 1 N–H and O–H groups in total. The van der Waals surface area contributed by atoms with Crippen LogP contribution in [0.25, 0.3) is 0 Å². The second-order valence-corrected chi connectivity index (χ2v) is 6.49. The average molecular weight is 273 g/mol. The minimum absolute atomic E-state index is 0.300. The van der Waals surface area contributed by atoms with Crippen LogP contribution in [-0.2, 0) is 13.6 Å². The number of rotatable bonds is 6. The van der Waals surface area contributed by atoms with E-state index in [9.17, 15) is 9.67 Å². The Hall–Kier alpha value is -0.740. The van der Waals surface area contributed by atoms with E-state index in [1.165, 1.54) is 12.4 Å². The monoisotopic (exact) mass is 273 g/mol. The van der Waals surface area contributed by atoms with Crippen molar-refractivity contribution in [2.75, 3.05) is 0 Å². The van der Waals surface area contributed by atoms with Gasteiger partial charge in [0.05, 0.1) is 12.2 Å². The standard InChI is InChI=1S/C12H20NO4P/c1-9(2)16-18(15,17-10(3)4)12(14)11-5-7-13-8-6-11/h5-10,12,14H,1-4H3/t12-/m0/s1. The zero-order valence-electron chi connectivity index (χ0n) is 11.1. The van der Waals surface area contributed by atoms with Gasteiger partial charge in [0.15, 0.2) is 5.85 Å². The highest BCUT2D eigenvalue weighted by atomic mass is 31.2. The van der Waals surface area contributed by atoms with Crippen molar-refractivity contribution in [3.05, 3.63) is 30.1 Å². The molecular weight excluding hydrogens is 253 g/mol. The van der Waals surface area contributed by atoms with Crippen molar-refractivity contribution in [3.63, 3.8) is 0 Å². The third-order valence-corrected chi connectivity index (χ3v) is 4.35. The number of aliphatic hydroxyl groups excluding tert-OH is 1. The van der Waals surface area contributed by atoms with Crippen molar-refractivity contribution in [1.29, 1.82) is 0 Å². The van der Waals surface area contributed by atoms with E-state index in [0.717, 1.165) is 0 Å². The first kappa shape index (κ1) is 15.3. The van der Waals surface area contributed by atoms with Gasteiger partial charge in [-0.15, -0.1) is 0 Å². The molecule has 0 aliphatic carbocycles. The van der Waals surface area contributed by atoms with Crippen LogP contribution in [0.3, 0.4) is 0 Å². The van der Waals surface area contributed by atoms with Gasteiger partial charge in [0, 0.05) is 12.4 Å². The molecule has 6 heteroatoms. The highest BCUT2D eigenvalue weighted by molar-refractivity contribution is 7.54. The molecule has 1 heterocycles. The number of nitrogens with zero attached hydrogens (tertiary/aromatic N) is 1. The Kier molecular flexibility index (Phi) is 5.47. The van der Waals surface area contributed by atoms with Gasteiger partial charge >= 0.3 is 7.60 Å². The van der Waals surface area contributed by atoms with Crippen LogP contribution in [0.15, 0.2) is 24.5 Å². The van der Waals surface area contributed by atoms with Crippen LogP contribution in [0.2, 0.25) is 0 Å². The molecule has 0 bridgehead atoms. The topological polar surface area (TPSA) is 68.7 Å². The summed E-state index contributed by atoms with van der Waals surface area (Å²) in [7, 11) is -3.62. The molecule has 1 aromatic heterocycles. The van der Waals surface area contributed by atoms with E-state index >= 15 is 0 Å². The molecule has 0 aromatic carbocycles. The third-order valence-electron chi connectivity index (χ3n) is 2.02. The van der Waals surface area contributed by atoms with Crippen LogP contribution >= 0.6 is 7.60 Å². The van der Waals surface area contributed by atoms with Crippen molar-refractivity contribution in [2.45, 2.75) is 45.7 Å². The second kappa shape index (κ2) is 6.43. The van der Waals surface area contributed by atoms with Crippen LogP contribution in [-0.4, -0.2) is 22.3 Å². The van der Waals surface area contributed by atoms with E-state index < -0.39 is 13.4 Å². The fourth-order valence-electron chi connectivity index (χ4n) is 1.45. The summed E-state index contributed by atoms with van der Waals surface area (Å²) < 4.78 is 23.3. The first-order chi connectivity index (χ1) is 8.35. The SMILES string of the molecule is CC(C)OP(=O)(OC(C)C)[C@H](O)c1ccncc1. The predicted octanol–water partition coefficient (Wildman–Crippen LogP) is 3.12. The van der Waals surface area contributed by atoms with Crippen molar-refractivity contribution in [3.8, 4) is 0 Å². The molecule has 0 fully saturated rings. The highest BCUT2D eigenvalue weighted by Gasteiger charge is 2.37. The lowest BCUT2D eigenvalue weighted by Crippen LogP contribution is -2.13. The number of pyridine rings is 1. The predicted molar refractivity (Wildman–Crippen MR) is 69.2 cm³/mol. The molecule has 0 saturated carbocycles. The second-order valence-electron chi connectivity index (χ2n) is 4.50. The lowest BCUT2D eigenvalue weighted by Gasteiger charge is -2.26. The summed E-state index contributed by atoms with van der Waals surface area (Å²) in [6.45, 7) is 6.98. The summed E-state index contributed by atoms with van der Waals surface area (Å²) in [4.78, 5) is 3.85. The Morgan fingerprint density at radius 3 is 1.94 bits per heavy atom. The zero-order chi connectivity index (χ0) is 13.8. The van der Waals surface area contributed by atoms with Crippen LogP contribution in [0.5, 0.6) is 0 Å². The van der Waals surface area contributed by atoms with Crippen molar-refractivity contribution >= 4 is 7.60 Å². The van der Waals surface area contributed by atoms with E-state index in [1.54, 1.807) is 39.8 Å². The summed E-state index contributed by atoms with van der Waals surface area (Å²) >= 11 is 0.